The molecule has 1 unspecified atom stereocenters. The first kappa shape index (κ1) is 20.9. The summed E-state index contributed by atoms with van der Waals surface area (Å²) in [5, 5.41) is 10.8. The fourth-order valence-electron chi connectivity index (χ4n) is 3.86. The monoisotopic (exact) mass is 448 g/mol. The third-order valence-electron chi connectivity index (χ3n) is 5.35. The molecule has 1 aliphatic rings. The molecule has 3 aromatic carbocycles. The SMILES string of the molecule is Oc1ccc(C2CN(Cc3ccc(F)c(F)c3)CCN2c2ccc(Cl)cc2Cl)cc1. The van der Waals surface area contributed by atoms with E-state index in [0.29, 0.717) is 29.7 Å². The fraction of sp³-hybridized carbons (Fsp3) is 0.217. The number of anilines is 1. The Bertz CT molecular complexity index is 1050. The molecule has 0 saturated carbocycles. The molecule has 0 bridgehead atoms. The summed E-state index contributed by atoms with van der Waals surface area (Å²) in [7, 11) is 0. The molecule has 1 heterocycles. The normalized spacial score (nSPS) is 17.3. The molecule has 1 fully saturated rings. The van der Waals surface area contributed by atoms with Crippen LogP contribution in [-0.2, 0) is 6.54 Å². The molecule has 7 heteroatoms. The van der Waals surface area contributed by atoms with Gasteiger partial charge in [-0.3, -0.25) is 4.90 Å². The van der Waals surface area contributed by atoms with Gasteiger partial charge in [-0.25, -0.2) is 8.78 Å². The molecule has 156 valence electrons. The van der Waals surface area contributed by atoms with Crippen LogP contribution in [0.3, 0.4) is 0 Å². The van der Waals surface area contributed by atoms with Gasteiger partial charge in [-0.15, -0.1) is 0 Å². The molecule has 1 aliphatic heterocycles. The van der Waals surface area contributed by atoms with E-state index >= 15 is 0 Å². The van der Waals surface area contributed by atoms with E-state index < -0.39 is 11.6 Å². The number of piperazine rings is 1. The maximum Gasteiger partial charge on any atom is 0.159 e. The van der Waals surface area contributed by atoms with Gasteiger partial charge in [0.2, 0.25) is 0 Å². The van der Waals surface area contributed by atoms with Gasteiger partial charge in [0.05, 0.1) is 16.8 Å². The Balaban J connectivity index is 1.62. The highest BCUT2D eigenvalue weighted by molar-refractivity contribution is 6.36. The molecule has 0 aromatic heterocycles. The average molecular weight is 449 g/mol. The largest absolute Gasteiger partial charge is 0.508 e. The second kappa shape index (κ2) is 8.80. The molecular formula is C23H20Cl2F2N2O. The van der Waals surface area contributed by atoms with Crippen LogP contribution >= 0.6 is 23.2 Å². The highest BCUT2D eigenvalue weighted by Gasteiger charge is 2.30. The zero-order chi connectivity index (χ0) is 21.3. The number of benzene rings is 3. The topological polar surface area (TPSA) is 26.7 Å². The van der Waals surface area contributed by atoms with Crippen molar-refractivity contribution in [1.82, 2.24) is 4.90 Å². The number of halogens is 4. The van der Waals surface area contributed by atoms with Crippen molar-refractivity contribution in [3.63, 3.8) is 0 Å². The van der Waals surface area contributed by atoms with Gasteiger partial charge in [-0.05, 0) is 53.6 Å². The molecule has 0 amide bonds. The zero-order valence-corrected chi connectivity index (χ0v) is 17.5. The number of aromatic hydroxyl groups is 1. The van der Waals surface area contributed by atoms with E-state index in [-0.39, 0.29) is 11.8 Å². The molecule has 3 aromatic rings. The van der Waals surface area contributed by atoms with Crippen LogP contribution in [0, 0.1) is 11.6 Å². The molecule has 4 rings (SSSR count). The molecule has 30 heavy (non-hydrogen) atoms. The molecular weight excluding hydrogens is 429 g/mol. The van der Waals surface area contributed by atoms with Crippen LogP contribution in [0.2, 0.25) is 10.0 Å². The van der Waals surface area contributed by atoms with Crippen molar-refractivity contribution in [3.8, 4) is 5.75 Å². The minimum atomic E-state index is -0.845. The number of phenols is 1. The highest BCUT2D eigenvalue weighted by Crippen LogP contribution is 2.37. The van der Waals surface area contributed by atoms with Crippen LogP contribution < -0.4 is 4.90 Å². The lowest BCUT2D eigenvalue weighted by molar-refractivity contribution is 0.215. The van der Waals surface area contributed by atoms with E-state index in [0.717, 1.165) is 29.4 Å². The molecule has 0 radical (unpaired) electrons. The van der Waals surface area contributed by atoms with Crippen molar-refractivity contribution in [2.45, 2.75) is 12.6 Å². The second-order valence-electron chi connectivity index (χ2n) is 7.38. The first-order chi connectivity index (χ1) is 14.4. The zero-order valence-electron chi connectivity index (χ0n) is 16.0. The number of hydrogen-bond acceptors (Lipinski definition) is 3. The first-order valence-corrected chi connectivity index (χ1v) is 10.3. The lowest BCUT2D eigenvalue weighted by Gasteiger charge is -2.43. The second-order valence-corrected chi connectivity index (χ2v) is 8.22. The van der Waals surface area contributed by atoms with Crippen molar-refractivity contribution in [2.75, 3.05) is 24.5 Å². The van der Waals surface area contributed by atoms with Crippen molar-refractivity contribution < 1.29 is 13.9 Å². The van der Waals surface area contributed by atoms with Crippen LogP contribution in [0.15, 0.2) is 60.7 Å². The van der Waals surface area contributed by atoms with Crippen LogP contribution in [0.5, 0.6) is 5.75 Å². The van der Waals surface area contributed by atoms with Crippen molar-refractivity contribution in [3.05, 3.63) is 93.5 Å². The van der Waals surface area contributed by atoms with Gasteiger partial charge in [-0.1, -0.05) is 41.4 Å². The van der Waals surface area contributed by atoms with E-state index in [1.165, 1.54) is 6.07 Å². The van der Waals surface area contributed by atoms with Crippen LogP contribution in [0.1, 0.15) is 17.2 Å². The van der Waals surface area contributed by atoms with E-state index in [9.17, 15) is 13.9 Å². The minimum Gasteiger partial charge on any atom is -0.508 e. The van der Waals surface area contributed by atoms with Crippen LogP contribution in [0.25, 0.3) is 0 Å². The number of phenolic OH excluding ortho intramolecular Hbond substituents is 1. The molecule has 1 atom stereocenters. The fourth-order valence-corrected chi connectivity index (χ4v) is 4.38. The number of nitrogens with zero attached hydrogens (tertiary/aromatic N) is 2. The third-order valence-corrected chi connectivity index (χ3v) is 5.89. The number of rotatable bonds is 4. The lowest BCUT2D eigenvalue weighted by Crippen LogP contribution is -2.48. The smallest absolute Gasteiger partial charge is 0.159 e. The van der Waals surface area contributed by atoms with Gasteiger partial charge in [-0.2, -0.15) is 0 Å². The maximum absolute atomic E-state index is 13.6. The third kappa shape index (κ3) is 4.53. The van der Waals surface area contributed by atoms with Gasteiger partial charge in [0.1, 0.15) is 5.75 Å². The van der Waals surface area contributed by atoms with Gasteiger partial charge in [0, 0.05) is 31.2 Å². The van der Waals surface area contributed by atoms with E-state index in [4.69, 9.17) is 23.2 Å². The Hall–Kier alpha value is -2.34. The maximum atomic E-state index is 13.6. The minimum absolute atomic E-state index is 0.0386. The lowest BCUT2D eigenvalue weighted by atomic mass is 10.0. The Morgan fingerprint density at radius 1 is 0.900 bits per heavy atom. The predicted molar refractivity (Wildman–Crippen MR) is 116 cm³/mol. The average Bonchev–Trinajstić information content (AvgIpc) is 2.72. The highest BCUT2D eigenvalue weighted by atomic mass is 35.5. The summed E-state index contributed by atoms with van der Waals surface area (Å²) in [6.45, 7) is 2.58. The molecule has 1 N–H and O–H groups in total. The molecule has 3 nitrogen and oxygen atoms in total. The van der Waals surface area contributed by atoms with Gasteiger partial charge < -0.3 is 10.0 Å². The Morgan fingerprint density at radius 2 is 1.67 bits per heavy atom. The quantitative estimate of drug-likeness (QED) is 0.526. The van der Waals surface area contributed by atoms with Gasteiger partial charge >= 0.3 is 0 Å². The summed E-state index contributed by atoms with van der Waals surface area (Å²) in [4.78, 5) is 4.41. The summed E-state index contributed by atoms with van der Waals surface area (Å²) in [6.07, 6.45) is 0. The molecule has 0 spiro atoms. The summed E-state index contributed by atoms with van der Waals surface area (Å²) in [5.74, 6) is -1.48. The van der Waals surface area contributed by atoms with E-state index in [2.05, 4.69) is 9.80 Å². The molecule has 0 aliphatic carbocycles. The Kier molecular flexibility index (Phi) is 6.14. The Labute approximate surface area is 184 Å². The standard InChI is InChI=1S/C23H20Cl2F2N2O/c24-17-4-8-22(19(25)12-17)29-10-9-28(13-15-1-7-20(26)21(27)11-15)14-23(29)16-2-5-18(30)6-3-16/h1-8,11-12,23,30H,9-10,13-14H2. The Morgan fingerprint density at radius 3 is 2.37 bits per heavy atom. The van der Waals surface area contributed by atoms with E-state index in [1.54, 1.807) is 24.3 Å². The summed E-state index contributed by atoms with van der Waals surface area (Å²) in [6, 6.07) is 16.5. The summed E-state index contributed by atoms with van der Waals surface area (Å²) < 4.78 is 26.9. The van der Waals surface area contributed by atoms with Crippen molar-refractivity contribution in [1.29, 1.82) is 0 Å². The van der Waals surface area contributed by atoms with Crippen molar-refractivity contribution in [2.24, 2.45) is 0 Å². The molecule has 1 saturated heterocycles. The van der Waals surface area contributed by atoms with Gasteiger partial charge in [0.15, 0.2) is 11.6 Å². The first-order valence-electron chi connectivity index (χ1n) is 9.57. The van der Waals surface area contributed by atoms with Crippen LogP contribution in [-0.4, -0.2) is 29.6 Å². The summed E-state index contributed by atoms with van der Waals surface area (Å²) >= 11 is 12.6. The van der Waals surface area contributed by atoms with Crippen molar-refractivity contribution >= 4 is 28.9 Å². The van der Waals surface area contributed by atoms with E-state index in [1.807, 2.05) is 24.3 Å². The summed E-state index contributed by atoms with van der Waals surface area (Å²) in [5.41, 5.74) is 2.62. The predicted octanol–water partition coefficient (Wildman–Crippen LogP) is 6.04. The van der Waals surface area contributed by atoms with Gasteiger partial charge in [0.25, 0.3) is 0 Å². The van der Waals surface area contributed by atoms with Crippen LogP contribution in [0.4, 0.5) is 14.5 Å². The number of hydrogen-bond donors (Lipinski definition) is 1.